The third kappa shape index (κ3) is 2.65. The molecule has 2 unspecified atom stereocenters. The SMILES string of the molecule is CCC1SCC(C(=O)O)N1S(=O)(=O)c1cccnc1Cl. The van der Waals surface area contributed by atoms with Gasteiger partial charge >= 0.3 is 5.97 Å². The van der Waals surface area contributed by atoms with Crippen molar-refractivity contribution in [1.82, 2.24) is 9.29 Å². The van der Waals surface area contributed by atoms with E-state index < -0.39 is 27.4 Å². The lowest BCUT2D eigenvalue weighted by Crippen LogP contribution is -2.45. The molecule has 1 fully saturated rings. The summed E-state index contributed by atoms with van der Waals surface area (Å²) in [6.45, 7) is 1.81. The van der Waals surface area contributed by atoms with E-state index in [0.717, 1.165) is 4.31 Å². The van der Waals surface area contributed by atoms with Gasteiger partial charge in [-0.3, -0.25) is 4.79 Å². The summed E-state index contributed by atoms with van der Waals surface area (Å²) in [4.78, 5) is 14.9. The number of aromatic nitrogens is 1. The number of pyridine rings is 1. The number of hydrogen-bond acceptors (Lipinski definition) is 5. The number of nitrogens with zero attached hydrogens (tertiary/aromatic N) is 2. The zero-order chi connectivity index (χ0) is 14.9. The molecule has 1 aromatic heterocycles. The normalized spacial score (nSPS) is 23.9. The van der Waals surface area contributed by atoms with Crippen molar-refractivity contribution in [2.24, 2.45) is 0 Å². The highest BCUT2D eigenvalue weighted by atomic mass is 35.5. The van der Waals surface area contributed by atoms with Crippen LogP contribution in [0.5, 0.6) is 0 Å². The van der Waals surface area contributed by atoms with Crippen molar-refractivity contribution in [2.45, 2.75) is 29.7 Å². The smallest absolute Gasteiger partial charge is 0.322 e. The molecule has 6 nitrogen and oxygen atoms in total. The monoisotopic (exact) mass is 336 g/mol. The Hall–Kier alpha value is -0.830. The Morgan fingerprint density at radius 3 is 2.90 bits per heavy atom. The topological polar surface area (TPSA) is 87.6 Å². The van der Waals surface area contributed by atoms with Crippen LogP contribution in [0.3, 0.4) is 0 Å². The lowest BCUT2D eigenvalue weighted by Gasteiger charge is -2.25. The quantitative estimate of drug-likeness (QED) is 0.841. The van der Waals surface area contributed by atoms with Gasteiger partial charge in [0.25, 0.3) is 0 Å². The summed E-state index contributed by atoms with van der Waals surface area (Å²) in [6.07, 6.45) is 1.90. The van der Waals surface area contributed by atoms with Gasteiger partial charge in [0.1, 0.15) is 16.1 Å². The van der Waals surface area contributed by atoms with Gasteiger partial charge in [0.2, 0.25) is 10.0 Å². The molecule has 20 heavy (non-hydrogen) atoms. The summed E-state index contributed by atoms with van der Waals surface area (Å²) >= 11 is 7.15. The molecule has 0 saturated carbocycles. The van der Waals surface area contributed by atoms with E-state index in [9.17, 15) is 18.3 Å². The van der Waals surface area contributed by atoms with E-state index >= 15 is 0 Å². The van der Waals surface area contributed by atoms with Gasteiger partial charge in [-0.05, 0) is 18.6 Å². The number of carbonyl (C=O) groups is 1. The first-order chi connectivity index (χ1) is 9.39. The first-order valence-corrected chi connectivity index (χ1v) is 8.74. The molecule has 0 spiro atoms. The molecule has 0 aliphatic carbocycles. The number of hydrogen-bond donors (Lipinski definition) is 1. The Balaban J connectivity index is 2.50. The average molecular weight is 337 g/mol. The summed E-state index contributed by atoms with van der Waals surface area (Å²) in [5, 5.41) is 8.65. The molecule has 1 aromatic rings. The number of rotatable bonds is 4. The highest BCUT2D eigenvalue weighted by molar-refractivity contribution is 8.01. The molecule has 2 atom stereocenters. The maximum absolute atomic E-state index is 12.7. The molecular formula is C11H13ClN2O4S2. The molecule has 1 aliphatic heterocycles. The summed E-state index contributed by atoms with van der Waals surface area (Å²) in [6, 6.07) is 1.71. The minimum Gasteiger partial charge on any atom is -0.480 e. The number of carboxylic acids is 1. The van der Waals surface area contributed by atoms with Gasteiger partial charge in [-0.25, -0.2) is 13.4 Å². The predicted molar refractivity (Wildman–Crippen MR) is 76.2 cm³/mol. The highest BCUT2D eigenvalue weighted by Crippen LogP contribution is 2.37. The summed E-state index contributed by atoms with van der Waals surface area (Å²) in [5.74, 6) is -0.928. The number of halogens is 1. The molecular weight excluding hydrogens is 324 g/mol. The number of aliphatic carboxylic acids is 1. The van der Waals surface area contributed by atoms with Gasteiger partial charge in [0.05, 0.1) is 5.37 Å². The highest BCUT2D eigenvalue weighted by Gasteiger charge is 2.46. The number of sulfonamides is 1. The molecule has 9 heteroatoms. The van der Waals surface area contributed by atoms with E-state index in [1.54, 1.807) is 0 Å². The van der Waals surface area contributed by atoms with Gasteiger partial charge in [-0.15, -0.1) is 11.8 Å². The molecule has 1 saturated heterocycles. The molecule has 0 aromatic carbocycles. The first-order valence-electron chi connectivity index (χ1n) is 5.88. The number of thioether (sulfide) groups is 1. The van der Waals surface area contributed by atoms with Crippen LogP contribution in [0, 0.1) is 0 Å². The first kappa shape index (κ1) is 15.6. The van der Waals surface area contributed by atoms with Gasteiger partial charge < -0.3 is 5.11 Å². The predicted octanol–water partition coefficient (Wildman–Crippen LogP) is 1.66. The van der Waals surface area contributed by atoms with Crippen LogP contribution in [0.1, 0.15) is 13.3 Å². The molecule has 0 bridgehead atoms. The maximum atomic E-state index is 12.7. The van der Waals surface area contributed by atoms with E-state index in [2.05, 4.69) is 4.98 Å². The van der Waals surface area contributed by atoms with Crippen molar-refractivity contribution in [1.29, 1.82) is 0 Å². The van der Waals surface area contributed by atoms with Crippen LogP contribution in [0.4, 0.5) is 0 Å². The van der Waals surface area contributed by atoms with Crippen molar-refractivity contribution >= 4 is 39.4 Å². The van der Waals surface area contributed by atoms with Crippen molar-refractivity contribution in [3.63, 3.8) is 0 Å². The van der Waals surface area contributed by atoms with Crippen molar-refractivity contribution in [3.05, 3.63) is 23.5 Å². The Labute approximate surface area is 126 Å². The zero-order valence-electron chi connectivity index (χ0n) is 10.6. The fraction of sp³-hybridized carbons (Fsp3) is 0.455. The lowest BCUT2D eigenvalue weighted by atomic mass is 10.3. The van der Waals surface area contributed by atoms with Crippen LogP contribution in [0.2, 0.25) is 5.15 Å². The van der Waals surface area contributed by atoms with Crippen molar-refractivity contribution in [2.75, 3.05) is 5.75 Å². The second kappa shape index (κ2) is 5.88. The summed E-state index contributed by atoms with van der Waals surface area (Å²) < 4.78 is 26.4. The fourth-order valence-corrected chi connectivity index (χ4v) is 5.99. The second-order valence-electron chi connectivity index (χ2n) is 4.18. The molecule has 0 radical (unpaired) electrons. The molecule has 2 heterocycles. The lowest BCUT2D eigenvalue weighted by molar-refractivity contribution is -0.140. The fourth-order valence-electron chi connectivity index (χ4n) is 2.03. The van der Waals surface area contributed by atoms with Crippen molar-refractivity contribution in [3.8, 4) is 0 Å². The largest absolute Gasteiger partial charge is 0.480 e. The Morgan fingerprint density at radius 1 is 1.65 bits per heavy atom. The van der Waals surface area contributed by atoms with E-state index in [1.807, 2.05) is 6.92 Å². The Kier molecular flexibility index (Phi) is 4.58. The van der Waals surface area contributed by atoms with Crippen LogP contribution in [-0.2, 0) is 14.8 Å². The Morgan fingerprint density at radius 2 is 2.35 bits per heavy atom. The molecule has 110 valence electrons. The van der Waals surface area contributed by atoms with Gasteiger partial charge in [-0.2, -0.15) is 4.31 Å². The minimum atomic E-state index is -3.99. The third-order valence-electron chi connectivity index (χ3n) is 2.95. The Bertz CT molecular complexity index is 623. The average Bonchev–Trinajstić information content (AvgIpc) is 2.83. The summed E-state index contributed by atoms with van der Waals surface area (Å²) in [5.41, 5.74) is 0. The molecule has 1 N–H and O–H groups in total. The second-order valence-corrected chi connectivity index (χ2v) is 7.56. The van der Waals surface area contributed by atoms with Crippen LogP contribution < -0.4 is 0 Å². The van der Waals surface area contributed by atoms with Crippen molar-refractivity contribution < 1.29 is 18.3 Å². The van der Waals surface area contributed by atoms with Crippen LogP contribution >= 0.6 is 23.4 Å². The van der Waals surface area contributed by atoms with Crippen LogP contribution in [0.15, 0.2) is 23.2 Å². The van der Waals surface area contributed by atoms with E-state index in [1.165, 1.54) is 30.1 Å². The van der Waals surface area contributed by atoms with Crippen LogP contribution in [-0.4, -0.2) is 46.0 Å². The molecule has 0 amide bonds. The van der Waals surface area contributed by atoms with Gasteiger partial charge in [0, 0.05) is 11.9 Å². The summed E-state index contributed by atoms with van der Waals surface area (Å²) in [7, 11) is -3.99. The standard InChI is InChI=1S/C11H13ClN2O4S2/c1-2-9-14(7(6-19-9)11(15)16)20(17,18)8-4-3-5-13-10(8)12/h3-5,7,9H,2,6H2,1H3,(H,15,16). The third-order valence-corrected chi connectivity index (χ3v) is 6.90. The number of carboxylic acid groups (broad SMARTS) is 1. The van der Waals surface area contributed by atoms with E-state index in [-0.39, 0.29) is 15.8 Å². The van der Waals surface area contributed by atoms with E-state index in [4.69, 9.17) is 11.6 Å². The van der Waals surface area contributed by atoms with Gasteiger partial charge in [-0.1, -0.05) is 18.5 Å². The van der Waals surface area contributed by atoms with E-state index in [0.29, 0.717) is 6.42 Å². The van der Waals surface area contributed by atoms with Crippen LogP contribution in [0.25, 0.3) is 0 Å². The van der Waals surface area contributed by atoms with Gasteiger partial charge in [0.15, 0.2) is 0 Å². The minimum absolute atomic E-state index is 0.150. The maximum Gasteiger partial charge on any atom is 0.322 e. The molecule has 2 rings (SSSR count). The molecule has 1 aliphatic rings. The zero-order valence-corrected chi connectivity index (χ0v) is 13.0.